The molecule has 4 nitrogen and oxygen atoms in total. The first-order valence-electron chi connectivity index (χ1n) is 5.04. The summed E-state index contributed by atoms with van der Waals surface area (Å²) in [6.45, 7) is 5.44. The van der Waals surface area contributed by atoms with Crippen LogP contribution in [0.5, 0.6) is 5.75 Å². The van der Waals surface area contributed by atoms with Crippen LogP contribution in [0.25, 0.3) is 0 Å². The van der Waals surface area contributed by atoms with Gasteiger partial charge in [0.25, 0.3) is 0 Å². The van der Waals surface area contributed by atoms with E-state index in [1.54, 1.807) is 6.08 Å². The van der Waals surface area contributed by atoms with Gasteiger partial charge in [-0.05, 0) is 36.5 Å². The van der Waals surface area contributed by atoms with Gasteiger partial charge in [0.2, 0.25) is 5.91 Å². The third-order valence-electron chi connectivity index (χ3n) is 1.77. The van der Waals surface area contributed by atoms with Crippen molar-refractivity contribution in [1.82, 2.24) is 5.32 Å². The number of anilines is 1. The Kier molecular flexibility index (Phi) is 5.16. The molecule has 0 aromatic heterocycles. The fraction of sp³-hybridized carbons (Fsp3) is 0.167. The number of nitrogens with one attached hydrogen (secondary N) is 2. The summed E-state index contributed by atoms with van der Waals surface area (Å²) in [7, 11) is 0. The number of hydrogen-bond acceptors (Lipinski definition) is 3. The zero-order valence-electron chi connectivity index (χ0n) is 9.53. The molecule has 1 amide bonds. The maximum Gasteiger partial charge on any atom is 0.222 e. The van der Waals surface area contributed by atoms with Crippen molar-refractivity contribution in [2.45, 2.75) is 6.92 Å². The van der Waals surface area contributed by atoms with E-state index in [1.807, 2.05) is 24.3 Å². The molecule has 0 atom stereocenters. The summed E-state index contributed by atoms with van der Waals surface area (Å²) in [5.41, 5.74) is 0.787. The van der Waals surface area contributed by atoms with Crippen molar-refractivity contribution in [2.24, 2.45) is 0 Å². The fourth-order valence-electron chi connectivity index (χ4n) is 1.11. The summed E-state index contributed by atoms with van der Waals surface area (Å²) < 4.78 is 5.33. The maximum atomic E-state index is 10.7. The minimum atomic E-state index is -0.201. The minimum absolute atomic E-state index is 0.201. The quantitative estimate of drug-likeness (QED) is 0.634. The predicted molar refractivity (Wildman–Crippen MR) is 72.2 cm³/mol. The van der Waals surface area contributed by atoms with Crippen LogP contribution in [0.15, 0.2) is 36.9 Å². The number of carbonyl (C=O) groups excluding carboxylic acids is 1. The number of rotatable bonds is 4. The molecule has 0 aliphatic rings. The highest BCUT2D eigenvalue weighted by atomic mass is 32.1. The van der Waals surface area contributed by atoms with Crippen molar-refractivity contribution >= 4 is 28.9 Å². The van der Waals surface area contributed by atoms with E-state index in [1.165, 1.54) is 6.92 Å². The van der Waals surface area contributed by atoms with Crippen molar-refractivity contribution in [3.8, 4) is 5.75 Å². The fourth-order valence-corrected chi connectivity index (χ4v) is 1.37. The van der Waals surface area contributed by atoms with E-state index in [4.69, 9.17) is 17.0 Å². The van der Waals surface area contributed by atoms with Crippen molar-refractivity contribution < 1.29 is 9.53 Å². The first-order valence-corrected chi connectivity index (χ1v) is 5.45. The average molecular weight is 250 g/mol. The first-order chi connectivity index (χ1) is 8.11. The van der Waals surface area contributed by atoms with E-state index in [-0.39, 0.29) is 11.0 Å². The van der Waals surface area contributed by atoms with Gasteiger partial charge in [-0.25, -0.2) is 0 Å². The Morgan fingerprint density at radius 2 is 2.12 bits per heavy atom. The summed E-state index contributed by atoms with van der Waals surface area (Å²) in [6, 6.07) is 7.24. The third kappa shape index (κ3) is 5.12. The van der Waals surface area contributed by atoms with Crippen LogP contribution in [0.4, 0.5) is 5.69 Å². The van der Waals surface area contributed by atoms with E-state index in [2.05, 4.69) is 17.2 Å². The SMILES string of the molecule is C=CCOc1ccc(NC(=S)NC(C)=O)cc1. The van der Waals surface area contributed by atoms with Crippen LogP contribution in [0.3, 0.4) is 0 Å². The minimum Gasteiger partial charge on any atom is -0.490 e. The van der Waals surface area contributed by atoms with E-state index < -0.39 is 0 Å². The zero-order chi connectivity index (χ0) is 12.7. The summed E-state index contributed by atoms with van der Waals surface area (Å²) in [5, 5.41) is 5.63. The summed E-state index contributed by atoms with van der Waals surface area (Å²) >= 11 is 4.93. The lowest BCUT2D eigenvalue weighted by Gasteiger charge is -2.09. The van der Waals surface area contributed by atoms with Gasteiger partial charge >= 0.3 is 0 Å². The summed E-state index contributed by atoms with van der Waals surface area (Å²) in [4.78, 5) is 10.7. The molecular weight excluding hydrogens is 236 g/mol. The Balaban J connectivity index is 2.52. The predicted octanol–water partition coefficient (Wildman–Crippen LogP) is 2.08. The average Bonchev–Trinajstić information content (AvgIpc) is 2.27. The summed E-state index contributed by atoms with van der Waals surface area (Å²) in [6.07, 6.45) is 1.68. The molecule has 90 valence electrons. The number of benzene rings is 1. The molecule has 2 N–H and O–H groups in total. The summed E-state index contributed by atoms with van der Waals surface area (Å²) in [5.74, 6) is 0.550. The van der Waals surface area contributed by atoms with E-state index in [9.17, 15) is 4.79 Å². The van der Waals surface area contributed by atoms with Gasteiger partial charge in [-0.1, -0.05) is 12.7 Å². The van der Waals surface area contributed by atoms with Crippen LogP contribution in [0, 0.1) is 0 Å². The van der Waals surface area contributed by atoms with Gasteiger partial charge in [0, 0.05) is 12.6 Å². The smallest absolute Gasteiger partial charge is 0.222 e. The van der Waals surface area contributed by atoms with Gasteiger partial charge in [-0.15, -0.1) is 0 Å². The highest BCUT2D eigenvalue weighted by Gasteiger charge is 1.99. The molecule has 1 rings (SSSR count). The van der Waals surface area contributed by atoms with Crippen molar-refractivity contribution in [2.75, 3.05) is 11.9 Å². The van der Waals surface area contributed by atoms with Gasteiger partial charge in [-0.2, -0.15) is 0 Å². The molecule has 0 unspecified atom stereocenters. The van der Waals surface area contributed by atoms with E-state index in [0.717, 1.165) is 11.4 Å². The van der Waals surface area contributed by atoms with Gasteiger partial charge < -0.3 is 15.4 Å². The number of thiocarbonyl (C=S) groups is 1. The molecule has 0 saturated carbocycles. The topological polar surface area (TPSA) is 50.4 Å². The van der Waals surface area contributed by atoms with Gasteiger partial charge in [0.15, 0.2) is 5.11 Å². The Morgan fingerprint density at radius 1 is 1.47 bits per heavy atom. The van der Waals surface area contributed by atoms with Crippen molar-refractivity contribution in [1.29, 1.82) is 0 Å². The third-order valence-corrected chi connectivity index (χ3v) is 1.97. The van der Waals surface area contributed by atoms with Gasteiger partial charge in [0.05, 0.1) is 0 Å². The second kappa shape index (κ2) is 6.65. The number of ether oxygens (including phenoxy) is 1. The maximum absolute atomic E-state index is 10.7. The molecule has 0 heterocycles. The standard InChI is InChI=1S/C12H14N2O2S/c1-3-8-16-11-6-4-10(5-7-11)14-12(17)13-9(2)15/h3-7H,1,8H2,2H3,(H2,13,14,15,17). The second-order valence-electron chi connectivity index (χ2n) is 3.26. The van der Waals surface area contributed by atoms with Crippen molar-refractivity contribution in [3.05, 3.63) is 36.9 Å². The van der Waals surface area contributed by atoms with E-state index in [0.29, 0.717) is 6.61 Å². The molecular formula is C12H14N2O2S. The van der Waals surface area contributed by atoms with Crippen LogP contribution in [-0.2, 0) is 4.79 Å². The molecule has 0 saturated heterocycles. The first kappa shape index (κ1) is 13.2. The Labute approximate surface area is 106 Å². The lowest BCUT2D eigenvalue weighted by atomic mass is 10.3. The van der Waals surface area contributed by atoms with Crippen LogP contribution >= 0.6 is 12.2 Å². The monoisotopic (exact) mass is 250 g/mol. The molecule has 0 bridgehead atoms. The molecule has 17 heavy (non-hydrogen) atoms. The molecule has 0 aliphatic carbocycles. The molecule has 0 fully saturated rings. The van der Waals surface area contributed by atoms with E-state index >= 15 is 0 Å². The zero-order valence-corrected chi connectivity index (χ0v) is 10.3. The molecule has 0 spiro atoms. The van der Waals surface area contributed by atoms with Gasteiger partial charge in [-0.3, -0.25) is 4.79 Å². The second-order valence-corrected chi connectivity index (χ2v) is 3.67. The van der Waals surface area contributed by atoms with Crippen LogP contribution in [-0.4, -0.2) is 17.6 Å². The molecule has 1 aromatic rings. The normalized spacial score (nSPS) is 9.24. The Hall–Kier alpha value is -1.88. The number of carbonyl (C=O) groups is 1. The van der Waals surface area contributed by atoms with Crippen molar-refractivity contribution in [3.63, 3.8) is 0 Å². The molecule has 1 aromatic carbocycles. The largest absolute Gasteiger partial charge is 0.490 e. The number of hydrogen-bond donors (Lipinski definition) is 2. The number of amides is 1. The highest BCUT2D eigenvalue weighted by molar-refractivity contribution is 7.80. The highest BCUT2D eigenvalue weighted by Crippen LogP contribution is 2.15. The molecule has 0 radical (unpaired) electrons. The lowest BCUT2D eigenvalue weighted by molar-refractivity contribution is -0.117. The lowest BCUT2D eigenvalue weighted by Crippen LogP contribution is -2.32. The Bertz CT molecular complexity index is 415. The van der Waals surface area contributed by atoms with Crippen LogP contribution in [0.2, 0.25) is 0 Å². The molecule has 5 heteroatoms. The Morgan fingerprint density at radius 3 is 2.65 bits per heavy atom. The van der Waals surface area contributed by atoms with Gasteiger partial charge in [0.1, 0.15) is 12.4 Å². The van der Waals surface area contributed by atoms with Crippen LogP contribution in [0.1, 0.15) is 6.92 Å². The van der Waals surface area contributed by atoms with Crippen LogP contribution < -0.4 is 15.4 Å². The molecule has 0 aliphatic heterocycles.